The lowest BCUT2D eigenvalue weighted by atomic mass is 10.2. The summed E-state index contributed by atoms with van der Waals surface area (Å²) >= 11 is 5.92. The van der Waals surface area contributed by atoms with Crippen molar-refractivity contribution in [3.8, 4) is 17.1 Å². The van der Waals surface area contributed by atoms with E-state index in [-0.39, 0.29) is 30.6 Å². The molecule has 10 rings (SSSR count). The molecule has 0 saturated carbocycles. The number of fused-ring (bicyclic) bond motifs is 2. The van der Waals surface area contributed by atoms with Crippen molar-refractivity contribution in [2.24, 2.45) is 0 Å². The highest BCUT2D eigenvalue weighted by Crippen LogP contribution is 2.30. The number of rotatable bonds is 9. The van der Waals surface area contributed by atoms with Crippen LogP contribution in [0.5, 0.6) is 5.75 Å². The number of nitrogens with one attached hydrogen (secondary N) is 1. The van der Waals surface area contributed by atoms with Crippen LogP contribution in [0.15, 0.2) is 105 Å². The Bertz CT molecular complexity index is 2670. The lowest BCUT2D eigenvalue weighted by Crippen LogP contribution is -2.33. The van der Waals surface area contributed by atoms with E-state index in [1.165, 1.54) is 0 Å². The first-order valence-electron chi connectivity index (χ1n) is 19.6. The van der Waals surface area contributed by atoms with Crippen molar-refractivity contribution < 1.29 is 14.9 Å². The number of aryl methyl sites for hydroxylation is 1. The van der Waals surface area contributed by atoms with Gasteiger partial charge in [-0.25, -0.2) is 14.0 Å². The molecule has 2 aliphatic rings. The normalized spacial score (nSPS) is 16.1. The van der Waals surface area contributed by atoms with E-state index in [0.717, 1.165) is 84.1 Å². The van der Waals surface area contributed by atoms with Crippen molar-refractivity contribution in [3.05, 3.63) is 115 Å². The zero-order valence-electron chi connectivity index (χ0n) is 33.2. The molecule has 0 aliphatic carbocycles. The fourth-order valence-corrected chi connectivity index (χ4v) is 7.64. The predicted octanol–water partition coefficient (Wildman–Crippen LogP) is 5.13. The number of nitrogens with zero attached hydrogens (tertiary/aromatic N) is 13. The molecule has 8 aromatic rings. The number of methoxy groups -OCH3 is 1. The minimum absolute atomic E-state index is 0.103. The SMILES string of the molecule is COc1cncc(-n2cnc(N)c2)c1.Cc1cncc(-n2ccc(Nc3nc(N4CCC[C@H]4CO)c4cccn4n3)c2)c1.OC[C@@H]1CCCN1c1nc(Cl)nn2cccc12. The molecule has 2 atom stereocenters. The van der Waals surface area contributed by atoms with Crippen molar-refractivity contribution in [2.45, 2.75) is 44.7 Å². The third kappa shape index (κ3) is 8.80. The summed E-state index contributed by atoms with van der Waals surface area (Å²) < 4.78 is 12.4. The van der Waals surface area contributed by atoms with Gasteiger partial charge in [-0.15, -0.1) is 10.2 Å². The molecule has 0 radical (unpaired) electrons. The number of nitrogens with two attached hydrogens (primary N) is 1. The van der Waals surface area contributed by atoms with Crippen molar-refractivity contribution >= 4 is 51.7 Å². The zero-order chi connectivity index (χ0) is 41.6. The van der Waals surface area contributed by atoms with Gasteiger partial charge in [0.05, 0.1) is 74.3 Å². The van der Waals surface area contributed by atoms with Crippen molar-refractivity contribution in [2.75, 3.05) is 54.3 Å². The minimum Gasteiger partial charge on any atom is -0.495 e. The lowest BCUT2D eigenvalue weighted by Gasteiger charge is -2.25. The Morgan fingerprint density at radius 2 is 1.45 bits per heavy atom. The van der Waals surface area contributed by atoms with Gasteiger partial charge in [-0.3, -0.25) is 9.97 Å². The number of halogens is 1. The van der Waals surface area contributed by atoms with Gasteiger partial charge >= 0.3 is 0 Å². The molecule has 2 fully saturated rings. The second kappa shape index (κ2) is 18.0. The van der Waals surface area contributed by atoms with Gasteiger partial charge in [-0.1, -0.05) is 0 Å². The van der Waals surface area contributed by atoms with Gasteiger partial charge in [0.2, 0.25) is 11.2 Å². The van der Waals surface area contributed by atoms with Crippen molar-refractivity contribution in [3.63, 3.8) is 0 Å². The fourth-order valence-electron chi connectivity index (χ4n) is 7.48. The summed E-state index contributed by atoms with van der Waals surface area (Å²) in [5.74, 6) is 3.37. The maximum absolute atomic E-state index is 9.74. The monoisotopic (exact) mass is 831 g/mol. The van der Waals surface area contributed by atoms with E-state index in [1.807, 2.05) is 89.6 Å². The molecule has 10 heterocycles. The Hall–Kier alpha value is -6.76. The predicted molar refractivity (Wildman–Crippen MR) is 230 cm³/mol. The highest BCUT2D eigenvalue weighted by Gasteiger charge is 2.28. The first-order chi connectivity index (χ1) is 29.3. The van der Waals surface area contributed by atoms with E-state index in [4.69, 9.17) is 27.1 Å². The van der Waals surface area contributed by atoms with Gasteiger partial charge in [0.25, 0.3) is 0 Å². The molecule has 2 saturated heterocycles. The van der Waals surface area contributed by atoms with E-state index in [0.29, 0.717) is 17.5 Å². The second-order valence-electron chi connectivity index (χ2n) is 14.4. The largest absolute Gasteiger partial charge is 0.495 e. The lowest BCUT2D eigenvalue weighted by molar-refractivity contribution is 0.266. The van der Waals surface area contributed by atoms with Crippen molar-refractivity contribution in [1.29, 1.82) is 0 Å². The fraction of sp³-hybridized carbons (Fsp3) is 0.293. The Labute approximate surface area is 350 Å². The van der Waals surface area contributed by atoms with Crippen LogP contribution in [-0.2, 0) is 0 Å². The van der Waals surface area contributed by atoms with Crippen LogP contribution in [0.4, 0.5) is 29.1 Å². The summed E-state index contributed by atoms with van der Waals surface area (Å²) in [6.45, 7) is 4.10. The summed E-state index contributed by atoms with van der Waals surface area (Å²) in [5, 5.41) is 31.3. The van der Waals surface area contributed by atoms with Gasteiger partial charge in [0.1, 0.15) is 28.9 Å². The minimum atomic E-state index is 0.103. The summed E-state index contributed by atoms with van der Waals surface area (Å²) in [7, 11) is 1.60. The quantitative estimate of drug-likeness (QED) is 0.149. The van der Waals surface area contributed by atoms with Gasteiger partial charge in [0.15, 0.2) is 11.6 Å². The highest BCUT2D eigenvalue weighted by molar-refractivity contribution is 6.28. The van der Waals surface area contributed by atoms with Crippen LogP contribution in [0.25, 0.3) is 22.4 Å². The van der Waals surface area contributed by atoms with Crippen LogP contribution < -0.4 is 25.6 Å². The van der Waals surface area contributed by atoms with E-state index in [1.54, 1.807) is 41.1 Å². The third-order valence-electron chi connectivity index (χ3n) is 10.4. The number of anilines is 5. The molecule has 5 N–H and O–H groups in total. The summed E-state index contributed by atoms with van der Waals surface area (Å²) in [4.78, 5) is 25.6. The van der Waals surface area contributed by atoms with E-state index < -0.39 is 0 Å². The molecule has 2 aliphatic heterocycles. The maximum atomic E-state index is 9.74. The Balaban J connectivity index is 0.000000136. The summed E-state index contributed by atoms with van der Waals surface area (Å²) in [6.07, 6.45) is 22.2. The number of hydrogen-bond donors (Lipinski definition) is 4. The number of nitrogen functional groups attached to an aromatic ring is 1. The van der Waals surface area contributed by atoms with Crippen LogP contribution in [-0.4, -0.2) is 109 Å². The molecule has 0 unspecified atom stereocenters. The molecule has 310 valence electrons. The number of pyridine rings is 2. The Morgan fingerprint density at radius 3 is 2.08 bits per heavy atom. The number of ether oxygens (including phenoxy) is 1. The molecule has 18 nitrogen and oxygen atoms in total. The smallest absolute Gasteiger partial charge is 0.247 e. The average Bonchev–Trinajstić information content (AvgIpc) is 4.13. The van der Waals surface area contributed by atoms with E-state index >= 15 is 0 Å². The number of aromatic nitrogens is 11. The molecule has 60 heavy (non-hydrogen) atoms. The molecular formula is C41H46ClN15O3. The van der Waals surface area contributed by atoms with E-state index in [2.05, 4.69) is 51.3 Å². The average molecular weight is 832 g/mol. The number of aliphatic hydroxyl groups excluding tert-OH is 2. The number of aliphatic hydroxyl groups is 2. The van der Waals surface area contributed by atoms with Crippen LogP contribution >= 0.6 is 11.6 Å². The van der Waals surface area contributed by atoms with Crippen LogP contribution in [0.3, 0.4) is 0 Å². The van der Waals surface area contributed by atoms with Gasteiger partial charge in [-0.2, -0.15) is 9.97 Å². The maximum Gasteiger partial charge on any atom is 0.247 e. The molecular weight excluding hydrogens is 786 g/mol. The van der Waals surface area contributed by atoms with Crippen LogP contribution in [0.2, 0.25) is 5.28 Å². The highest BCUT2D eigenvalue weighted by atomic mass is 35.5. The van der Waals surface area contributed by atoms with Gasteiger partial charge in [0, 0.05) is 50.1 Å². The second-order valence-corrected chi connectivity index (χ2v) is 14.8. The van der Waals surface area contributed by atoms with E-state index in [9.17, 15) is 10.2 Å². The molecule has 0 bridgehead atoms. The molecule has 0 amide bonds. The number of imidazole rings is 1. The Kier molecular flexibility index (Phi) is 12.0. The van der Waals surface area contributed by atoms with Crippen molar-refractivity contribution in [1.82, 2.24) is 53.3 Å². The molecule has 19 heteroatoms. The van der Waals surface area contributed by atoms with Crippen LogP contribution in [0, 0.1) is 6.92 Å². The molecule has 8 aromatic heterocycles. The van der Waals surface area contributed by atoms with Gasteiger partial charge in [-0.05, 0) is 86.2 Å². The topological polar surface area (TPSA) is 203 Å². The number of hydrogen-bond acceptors (Lipinski definition) is 14. The third-order valence-corrected chi connectivity index (χ3v) is 10.5. The van der Waals surface area contributed by atoms with Gasteiger partial charge < -0.3 is 44.9 Å². The standard InChI is InChI=1S/C21H23N7O.C11H13ClN4O.C9H10N4O/c1-15-10-18(12-22-11-15)26-9-6-16(13-26)23-21-24-20(19-5-3-8-28(19)25-21)27-7-2-4-17(27)14-29;12-11-13-10(9-4-2-6-16(9)14-11)15-5-1-3-8(15)7-17;1-14-8-2-7(3-11-4-8)13-5-9(10)12-6-13/h3,5-6,8-13,17,29H,2,4,7,14H2,1H3,(H,23,25);2,4,6,8,17H,1,3,5,7H2;2-6H,10H2,1H3/t17-;8-;/m00./s1. The first-order valence-corrected chi connectivity index (χ1v) is 19.9. The van der Waals surface area contributed by atoms with Crippen LogP contribution in [0.1, 0.15) is 31.2 Å². The summed E-state index contributed by atoms with van der Waals surface area (Å²) in [6, 6.07) is 14.0. The first kappa shape index (κ1) is 40.0. The summed E-state index contributed by atoms with van der Waals surface area (Å²) in [5.41, 5.74) is 11.2. The molecule has 0 aromatic carbocycles. The Morgan fingerprint density at radius 1 is 0.800 bits per heavy atom. The zero-order valence-corrected chi connectivity index (χ0v) is 34.0. The molecule has 0 spiro atoms.